The highest BCUT2D eigenvalue weighted by Gasteiger charge is 2.29. The van der Waals surface area contributed by atoms with Gasteiger partial charge in [-0.1, -0.05) is 19.3 Å². The van der Waals surface area contributed by atoms with Crippen LogP contribution in [0.25, 0.3) is 0 Å². The van der Waals surface area contributed by atoms with Crippen LogP contribution in [0, 0.1) is 0 Å². The average molecular weight is 265 g/mol. The molecule has 1 heterocycles. The predicted octanol–water partition coefficient (Wildman–Crippen LogP) is 1.86. The van der Waals surface area contributed by atoms with Crippen molar-refractivity contribution in [1.29, 1.82) is 0 Å². The van der Waals surface area contributed by atoms with Crippen LogP contribution in [-0.4, -0.2) is 41.6 Å². The van der Waals surface area contributed by atoms with Crippen LogP contribution in [0.5, 0.6) is 0 Å². The molecule has 1 aliphatic carbocycles. The van der Waals surface area contributed by atoms with Crippen molar-refractivity contribution in [3.05, 3.63) is 0 Å². The van der Waals surface area contributed by atoms with Crippen LogP contribution in [-0.2, 0) is 4.79 Å². The SMILES string of the molecule is CN(C(=O)C1CSCN1)C1CCCCC1.Cl. The Morgan fingerprint density at radius 2 is 2.00 bits per heavy atom. The van der Waals surface area contributed by atoms with Crippen LogP contribution in [0.3, 0.4) is 0 Å². The van der Waals surface area contributed by atoms with E-state index in [0.717, 1.165) is 11.6 Å². The van der Waals surface area contributed by atoms with E-state index in [1.165, 1.54) is 32.1 Å². The molecule has 2 rings (SSSR count). The van der Waals surface area contributed by atoms with E-state index in [2.05, 4.69) is 5.32 Å². The molecule has 0 aromatic carbocycles. The van der Waals surface area contributed by atoms with Crippen LogP contribution >= 0.6 is 24.2 Å². The number of halogens is 1. The predicted molar refractivity (Wildman–Crippen MR) is 71.1 cm³/mol. The van der Waals surface area contributed by atoms with Gasteiger partial charge in [0, 0.05) is 24.7 Å². The fourth-order valence-corrected chi connectivity index (χ4v) is 3.38. The summed E-state index contributed by atoms with van der Waals surface area (Å²) in [7, 11) is 1.98. The van der Waals surface area contributed by atoms with Crippen molar-refractivity contribution in [2.24, 2.45) is 0 Å². The molecule has 2 aliphatic rings. The monoisotopic (exact) mass is 264 g/mol. The zero-order chi connectivity index (χ0) is 10.7. The summed E-state index contributed by atoms with van der Waals surface area (Å²) < 4.78 is 0. The molecule has 1 saturated carbocycles. The minimum Gasteiger partial charge on any atom is -0.341 e. The molecule has 0 spiro atoms. The second-order valence-corrected chi connectivity index (χ2v) is 5.54. The summed E-state index contributed by atoms with van der Waals surface area (Å²) in [4.78, 5) is 14.1. The number of carbonyl (C=O) groups excluding carboxylic acids is 1. The summed E-state index contributed by atoms with van der Waals surface area (Å²) in [6, 6.07) is 0.570. The largest absolute Gasteiger partial charge is 0.341 e. The number of hydrogen-bond donors (Lipinski definition) is 1. The highest BCUT2D eigenvalue weighted by Crippen LogP contribution is 2.23. The Morgan fingerprint density at radius 1 is 1.31 bits per heavy atom. The van der Waals surface area contributed by atoms with Gasteiger partial charge in [0.1, 0.15) is 0 Å². The van der Waals surface area contributed by atoms with E-state index in [1.807, 2.05) is 23.7 Å². The maximum atomic E-state index is 12.1. The van der Waals surface area contributed by atoms with Gasteiger partial charge in [0.2, 0.25) is 5.91 Å². The average Bonchev–Trinajstić information content (AvgIpc) is 2.82. The van der Waals surface area contributed by atoms with Crippen LogP contribution in [0.4, 0.5) is 0 Å². The van der Waals surface area contributed by atoms with Crippen molar-refractivity contribution in [2.45, 2.75) is 44.2 Å². The number of carbonyl (C=O) groups is 1. The molecule has 94 valence electrons. The van der Waals surface area contributed by atoms with E-state index in [-0.39, 0.29) is 18.4 Å². The van der Waals surface area contributed by atoms with Gasteiger partial charge in [0.25, 0.3) is 0 Å². The summed E-state index contributed by atoms with van der Waals surface area (Å²) in [5, 5.41) is 3.25. The molecular formula is C11H21ClN2OS. The fourth-order valence-electron chi connectivity index (χ4n) is 2.45. The molecule has 0 aromatic heterocycles. The molecule has 1 amide bonds. The molecule has 0 aromatic rings. The third-order valence-corrected chi connectivity index (χ3v) is 4.42. The molecule has 1 N–H and O–H groups in total. The van der Waals surface area contributed by atoms with E-state index >= 15 is 0 Å². The quantitative estimate of drug-likeness (QED) is 0.826. The highest BCUT2D eigenvalue weighted by atomic mass is 35.5. The maximum absolute atomic E-state index is 12.1. The van der Waals surface area contributed by atoms with Crippen LogP contribution in [0.1, 0.15) is 32.1 Å². The first-order valence-electron chi connectivity index (χ1n) is 5.87. The van der Waals surface area contributed by atoms with E-state index in [0.29, 0.717) is 11.9 Å². The Kier molecular flexibility index (Phi) is 5.94. The lowest BCUT2D eigenvalue weighted by molar-refractivity contribution is -0.134. The molecule has 1 unspecified atom stereocenters. The van der Waals surface area contributed by atoms with Gasteiger partial charge >= 0.3 is 0 Å². The normalized spacial score (nSPS) is 26.2. The van der Waals surface area contributed by atoms with Gasteiger partial charge in [-0.05, 0) is 12.8 Å². The first-order valence-corrected chi connectivity index (χ1v) is 7.02. The fraction of sp³-hybridized carbons (Fsp3) is 0.909. The van der Waals surface area contributed by atoms with Crippen molar-refractivity contribution in [3.8, 4) is 0 Å². The van der Waals surface area contributed by atoms with Crippen molar-refractivity contribution in [2.75, 3.05) is 18.7 Å². The first-order chi connectivity index (χ1) is 7.29. The second-order valence-electron chi connectivity index (χ2n) is 4.51. The number of nitrogens with one attached hydrogen (secondary N) is 1. The second kappa shape index (κ2) is 6.72. The van der Waals surface area contributed by atoms with E-state index < -0.39 is 0 Å². The molecule has 1 saturated heterocycles. The van der Waals surface area contributed by atoms with Crippen LogP contribution in [0.2, 0.25) is 0 Å². The molecule has 1 aliphatic heterocycles. The van der Waals surface area contributed by atoms with Gasteiger partial charge in [-0.3, -0.25) is 10.1 Å². The molecule has 16 heavy (non-hydrogen) atoms. The number of rotatable bonds is 2. The van der Waals surface area contributed by atoms with Gasteiger partial charge in [0.05, 0.1) is 6.04 Å². The minimum absolute atomic E-state index is 0. The summed E-state index contributed by atoms with van der Waals surface area (Å²) in [6.07, 6.45) is 6.31. The van der Waals surface area contributed by atoms with E-state index in [9.17, 15) is 4.79 Å². The van der Waals surface area contributed by atoms with Crippen LogP contribution < -0.4 is 5.32 Å². The lowest BCUT2D eigenvalue weighted by Gasteiger charge is -2.32. The Hall–Kier alpha value is 0.0700. The highest BCUT2D eigenvalue weighted by molar-refractivity contribution is 7.99. The maximum Gasteiger partial charge on any atom is 0.240 e. The van der Waals surface area contributed by atoms with E-state index in [4.69, 9.17) is 0 Å². The number of nitrogens with zero attached hydrogens (tertiary/aromatic N) is 1. The Balaban J connectivity index is 0.00000128. The zero-order valence-corrected chi connectivity index (χ0v) is 11.4. The van der Waals surface area contributed by atoms with Crippen molar-refractivity contribution < 1.29 is 4.79 Å². The zero-order valence-electron chi connectivity index (χ0n) is 9.78. The van der Waals surface area contributed by atoms with Crippen molar-refractivity contribution in [3.63, 3.8) is 0 Å². The molecule has 0 bridgehead atoms. The minimum atomic E-state index is 0. The van der Waals surface area contributed by atoms with Crippen molar-refractivity contribution in [1.82, 2.24) is 10.2 Å². The number of hydrogen-bond acceptors (Lipinski definition) is 3. The number of thioether (sulfide) groups is 1. The standard InChI is InChI=1S/C11H20N2OS.ClH/c1-13(9-5-3-2-4-6-9)11(14)10-7-15-8-12-10;/h9-10,12H,2-8H2,1H3;1H. The third-order valence-electron chi connectivity index (χ3n) is 3.48. The van der Waals surface area contributed by atoms with Gasteiger partial charge < -0.3 is 4.90 Å². The smallest absolute Gasteiger partial charge is 0.240 e. The van der Waals surface area contributed by atoms with Gasteiger partial charge in [-0.15, -0.1) is 24.2 Å². The third kappa shape index (κ3) is 3.28. The molecular weight excluding hydrogens is 244 g/mol. The lowest BCUT2D eigenvalue weighted by Crippen LogP contribution is -2.47. The number of likely N-dealkylation sites (N-methyl/N-ethyl adjacent to an activating group) is 1. The summed E-state index contributed by atoms with van der Waals surface area (Å²) in [5.74, 6) is 2.16. The lowest BCUT2D eigenvalue weighted by atomic mass is 9.94. The topological polar surface area (TPSA) is 32.3 Å². The summed E-state index contributed by atoms with van der Waals surface area (Å²) in [6.45, 7) is 0. The van der Waals surface area contributed by atoms with Gasteiger partial charge in [-0.2, -0.15) is 0 Å². The van der Waals surface area contributed by atoms with Gasteiger partial charge in [-0.25, -0.2) is 0 Å². The summed E-state index contributed by atoms with van der Waals surface area (Å²) in [5.41, 5.74) is 0. The Labute approximate surface area is 108 Å². The Bertz CT molecular complexity index is 228. The van der Waals surface area contributed by atoms with Crippen LogP contribution in [0.15, 0.2) is 0 Å². The van der Waals surface area contributed by atoms with Crippen molar-refractivity contribution >= 4 is 30.1 Å². The van der Waals surface area contributed by atoms with E-state index in [1.54, 1.807) is 0 Å². The molecule has 1 atom stereocenters. The molecule has 0 radical (unpaired) electrons. The Morgan fingerprint density at radius 3 is 2.56 bits per heavy atom. The summed E-state index contributed by atoms with van der Waals surface area (Å²) >= 11 is 1.82. The molecule has 5 heteroatoms. The molecule has 2 fully saturated rings. The van der Waals surface area contributed by atoms with Gasteiger partial charge in [0.15, 0.2) is 0 Å². The molecule has 3 nitrogen and oxygen atoms in total. The number of amides is 1. The first kappa shape index (κ1) is 14.1.